The van der Waals surface area contributed by atoms with Crippen molar-refractivity contribution in [2.24, 2.45) is 0 Å². The molecule has 1 N–H and O–H groups in total. The quantitative estimate of drug-likeness (QED) is 0.105. The highest BCUT2D eigenvalue weighted by atomic mass is 32.1. The largest absolute Gasteiger partial charge is 0.507 e. The van der Waals surface area contributed by atoms with Crippen LogP contribution in [0.2, 0.25) is 0 Å². The van der Waals surface area contributed by atoms with E-state index in [9.17, 15) is 19.5 Å². The summed E-state index contributed by atoms with van der Waals surface area (Å²) in [4.78, 5) is 45.4. The van der Waals surface area contributed by atoms with Crippen molar-refractivity contribution in [1.82, 2.24) is 4.98 Å². The van der Waals surface area contributed by atoms with Crippen LogP contribution >= 0.6 is 11.3 Å². The van der Waals surface area contributed by atoms with Crippen LogP contribution in [0.3, 0.4) is 0 Å². The van der Waals surface area contributed by atoms with Crippen LogP contribution in [0.1, 0.15) is 52.8 Å². The van der Waals surface area contributed by atoms with E-state index in [1.165, 1.54) is 11.0 Å². The Morgan fingerprint density at radius 3 is 2.55 bits per heavy atom. The van der Waals surface area contributed by atoms with E-state index in [2.05, 4.69) is 11.6 Å². The summed E-state index contributed by atoms with van der Waals surface area (Å²) in [5.74, 6) is -1.55. The number of hydrogen-bond acceptors (Lipinski definition) is 9. The van der Waals surface area contributed by atoms with Gasteiger partial charge in [0.1, 0.15) is 28.7 Å². The lowest BCUT2D eigenvalue weighted by Crippen LogP contribution is -2.29. The number of aliphatic hydroxyl groups is 1. The third-order valence-corrected chi connectivity index (χ3v) is 7.18. The van der Waals surface area contributed by atoms with Crippen LogP contribution in [0.25, 0.3) is 5.76 Å². The molecule has 0 bridgehead atoms. The number of aliphatic hydroxyl groups excluding tert-OH is 1. The van der Waals surface area contributed by atoms with E-state index in [4.69, 9.17) is 14.2 Å². The monoisotopic (exact) mass is 562 g/mol. The van der Waals surface area contributed by atoms with Gasteiger partial charge in [-0.1, -0.05) is 43.0 Å². The summed E-state index contributed by atoms with van der Waals surface area (Å²) < 4.78 is 16.4. The maximum Gasteiger partial charge on any atom is 0.350 e. The molecule has 40 heavy (non-hydrogen) atoms. The summed E-state index contributed by atoms with van der Waals surface area (Å²) in [5.41, 5.74) is 1.11. The van der Waals surface area contributed by atoms with Gasteiger partial charge in [0.05, 0.1) is 30.5 Å². The summed E-state index contributed by atoms with van der Waals surface area (Å²) >= 11 is 0.934. The van der Waals surface area contributed by atoms with Crippen LogP contribution in [-0.4, -0.2) is 47.6 Å². The number of Topliss-reactive ketones (excluding diaryl/α,β-unsaturated/α-hetero) is 1. The predicted octanol–water partition coefficient (Wildman–Crippen LogP) is 5.61. The molecule has 208 valence electrons. The molecule has 0 saturated carbocycles. The highest BCUT2D eigenvalue weighted by molar-refractivity contribution is 7.17. The zero-order valence-corrected chi connectivity index (χ0v) is 23.3. The highest BCUT2D eigenvalue weighted by Gasteiger charge is 2.48. The van der Waals surface area contributed by atoms with E-state index < -0.39 is 23.7 Å². The van der Waals surface area contributed by atoms with Gasteiger partial charge in [-0.2, -0.15) is 0 Å². The Hall–Kier alpha value is -4.44. The van der Waals surface area contributed by atoms with Gasteiger partial charge in [-0.3, -0.25) is 14.5 Å². The van der Waals surface area contributed by atoms with Crippen LogP contribution in [0.15, 0.2) is 66.8 Å². The van der Waals surface area contributed by atoms with Crippen LogP contribution in [0.5, 0.6) is 11.5 Å². The molecule has 1 atom stereocenters. The predicted molar refractivity (Wildman–Crippen MR) is 152 cm³/mol. The Bertz CT molecular complexity index is 1460. The Morgan fingerprint density at radius 2 is 1.88 bits per heavy atom. The van der Waals surface area contributed by atoms with E-state index in [0.717, 1.165) is 17.8 Å². The number of nitrogens with zero attached hydrogens (tertiary/aromatic N) is 2. The first-order valence-corrected chi connectivity index (χ1v) is 13.6. The smallest absolute Gasteiger partial charge is 0.350 e. The number of amides is 1. The van der Waals surface area contributed by atoms with Gasteiger partial charge in [0.15, 0.2) is 5.13 Å². The molecule has 1 aliphatic rings. The van der Waals surface area contributed by atoms with Crippen molar-refractivity contribution < 1.29 is 33.7 Å². The first-order chi connectivity index (χ1) is 19.3. The molecule has 2 aromatic carbocycles. The Balaban J connectivity index is 1.84. The number of benzene rings is 2. The lowest BCUT2D eigenvalue weighted by molar-refractivity contribution is -0.132. The van der Waals surface area contributed by atoms with Crippen molar-refractivity contribution in [3.63, 3.8) is 0 Å². The zero-order chi connectivity index (χ0) is 28.8. The lowest BCUT2D eigenvalue weighted by atomic mass is 9.95. The van der Waals surface area contributed by atoms with Crippen molar-refractivity contribution in [1.29, 1.82) is 0 Å². The maximum absolute atomic E-state index is 13.5. The van der Waals surface area contributed by atoms with Crippen molar-refractivity contribution in [2.45, 2.75) is 33.2 Å². The minimum absolute atomic E-state index is 0.0164. The van der Waals surface area contributed by atoms with Crippen molar-refractivity contribution in [3.8, 4) is 11.5 Å². The second-order valence-corrected chi connectivity index (χ2v) is 9.82. The molecule has 0 radical (unpaired) electrons. The molecule has 1 aromatic heterocycles. The fourth-order valence-electron chi connectivity index (χ4n) is 4.25. The standard InChI is InChI=1S/C30H30N2O7S/c1-5-15-38-21-13-11-19(12-14-21)25(33)23-24(20-9-8-10-22(17-20)37-7-3)32(28(35)26(23)34)30-31-18(4)27(40-30)29(36)39-16-6-2/h6,8-14,17,24,33H,2,5,7,15-16H2,1,3-4H3. The first-order valence-electron chi connectivity index (χ1n) is 12.8. The molecule has 9 nitrogen and oxygen atoms in total. The minimum Gasteiger partial charge on any atom is -0.507 e. The number of aryl methyl sites for hydroxylation is 1. The summed E-state index contributed by atoms with van der Waals surface area (Å²) in [6.07, 6.45) is 2.29. The van der Waals surface area contributed by atoms with Gasteiger partial charge in [-0.05, 0) is 62.2 Å². The number of ether oxygens (including phenoxy) is 3. The zero-order valence-electron chi connectivity index (χ0n) is 22.5. The lowest BCUT2D eigenvalue weighted by Gasteiger charge is -2.23. The molecule has 1 fully saturated rings. The molecule has 4 rings (SSSR count). The molecule has 10 heteroatoms. The van der Waals surface area contributed by atoms with E-state index in [-0.39, 0.29) is 27.9 Å². The molecular formula is C30H30N2O7S. The maximum atomic E-state index is 13.5. The summed E-state index contributed by atoms with van der Waals surface area (Å²) in [6, 6.07) is 12.6. The molecule has 3 aromatic rings. The van der Waals surface area contributed by atoms with E-state index in [1.54, 1.807) is 55.5 Å². The molecule has 1 saturated heterocycles. The fourth-order valence-corrected chi connectivity index (χ4v) is 5.23. The molecule has 0 spiro atoms. The number of ketones is 1. The Kier molecular flexibility index (Phi) is 9.00. The SMILES string of the molecule is C=CCOC(=O)c1sc(N2C(=O)C(=O)C(=C(O)c3ccc(OCCC)cc3)C2c2cccc(OCC)c2)nc1C. The molecule has 0 aliphatic carbocycles. The van der Waals surface area contributed by atoms with Gasteiger partial charge in [0.25, 0.3) is 5.78 Å². The molecule has 1 amide bonds. The minimum atomic E-state index is -1.03. The molecule has 2 heterocycles. The number of anilines is 1. The van der Waals surface area contributed by atoms with Gasteiger partial charge < -0.3 is 19.3 Å². The average molecular weight is 563 g/mol. The third kappa shape index (κ3) is 5.76. The summed E-state index contributed by atoms with van der Waals surface area (Å²) in [6.45, 7) is 9.98. The van der Waals surface area contributed by atoms with E-state index in [0.29, 0.717) is 41.5 Å². The molecular weight excluding hydrogens is 532 g/mol. The Morgan fingerprint density at radius 1 is 1.12 bits per heavy atom. The summed E-state index contributed by atoms with van der Waals surface area (Å²) in [5, 5.41) is 11.5. The van der Waals surface area contributed by atoms with Crippen molar-refractivity contribution in [2.75, 3.05) is 24.7 Å². The average Bonchev–Trinajstić information content (AvgIpc) is 3.47. The summed E-state index contributed by atoms with van der Waals surface area (Å²) in [7, 11) is 0. The number of carbonyl (C=O) groups excluding carboxylic acids is 3. The van der Waals surface area contributed by atoms with Gasteiger partial charge in [0.2, 0.25) is 0 Å². The van der Waals surface area contributed by atoms with Crippen LogP contribution in [-0.2, 0) is 14.3 Å². The highest BCUT2D eigenvalue weighted by Crippen LogP contribution is 2.44. The number of rotatable bonds is 11. The number of carbonyl (C=O) groups is 3. The first kappa shape index (κ1) is 28.6. The second kappa shape index (κ2) is 12.6. The third-order valence-electron chi connectivity index (χ3n) is 6.04. The van der Waals surface area contributed by atoms with Crippen LogP contribution in [0.4, 0.5) is 5.13 Å². The van der Waals surface area contributed by atoms with Crippen LogP contribution < -0.4 is 14.4 Å². The number of aromatic nitrogens is 1. The van der Waals surface area contributed by atoms with Crippen molar-refractivity contribution >= 4 is 39.9 Å². The number of hydrogen-bond donors (Lipinski definition) is 1. The van der Waals surface area contributed by atoms with E-state index in [1.807, 2.05) is 13.8 Å². The Labute approximate surface area is 236 Å². The second-order valence-electron chi connectivity index (χ2n) is 8.85. The molecule has 1 unspecified atom stereocenters. The normalized spacial score (nSPS) is 16.2. The van der Waals surface area contributed by atoms with Gasteiger partial charge in [0, 0.05) is 5.56 Å². The fraction of sp³-hybridized carbons (Fsp3) is 0.267. The van der Waals surface area contributed by atoms with Gasteiger partial charge in [-0.15, -0.1) is 0 Å². The van der Waals surface area contributed by atoms with Crippen molar-refractivity contribution in [3.05, 3.63) is 88.5 Å². The van der Waals surface area contributed by atoms with Gasteiger partial charge >= 0.3 is 11.9 Å². The van der Waals surface area contributed by atoms with Crippen LogP contribution in [0, 0.1) is 6.92 Å². The topological polar surface area (TPSA) is 115 Å². The number of thiazole rings is 1. The molecule has 1 aliphatic heterocycles. The number of esters is 1. The van der Waals surface area contributed by atoms with E-state index >= 15 is 0 Å². The van der Waals surface area contributed by atoms with Gasteiger partial charge in [-0.25, -0.2) is 9.78 Å².